The van der Waals surface area contributed by atoms with Gasteiger partial charge in [0.1, 0.15) is 0 Å². The largest absolute Gasteiger partial charge is 0.336 e. The van der Waals surface area contributed by atoms with Gasteiger partial charge in [-0.05, 0) is 45.7 Å². The topological polar surface area (TPSA) is 49.3 Å². The molecule has 5 heteroatoms. The van der Waals surface area contributed by atoms with Crippen LogP contribution >= 0.6 is 0 Å². The van der Waals surface area contributed by atoms with Crippen molar-refractivity contribution in [1.29, 1.82) is 0 Å². The molecule has 3 rings (SSSR count). The van der Waals surface area contributed by atoms with E-state index in [2.05, 4.69) is 21.8 Å². The van der Waals surface area contributed by atoms with Crippen LogP contribution in [0.3, 0.4) is 0 Å². The molecule has 0 bridgehead atoms. The summed E-state index contributed by atoms with van der Waals surface area (Å²) in [5.41, 5.74) is 2.10. The van der Waals surface area contributed by atoms with E-state index in [1.807, 2.05) is 11.8 Å². The number of aromatic nitrogens is 2. The number of rotatable bonds is 4. The lowest BCUT2D eigenvalue weighted by Crippen LogP contribution is -2.53. The van der Waals surface area contributed by atoms with Gasteiger partial charge in [0, 0.05) is 31.1 Å². The number of piperidine rings is 2. The normalized spacial score (nSPS) is 26.0. The zero-order valence-electron chi connectivity index (χ0n) is 14.4. The second-order valence-electron chi connectivity index (χ2n) is 7.28. The second kappa shape index (κ2) is 6.95. The van der Waals surface area contributed by atoms with Crippen LogP contribution in [-0.4, -0.2) is 51.9 Å². The quantitative estimate of drug-likeness (QED) is 0.856. The predicted molar refractivity (Wildman–Crippen MR) is 89.8 cm³/mol. The summed E-state index contributed by atoms with van der Waals surface area (Å²) in [6, 6.07) is 0. The van der Waals surface area contributed by atoms with Gasteiger partial charge in [-0.15, -0.1) is 0 Å². The summed E-state index contributed by atoms with van der Waals surface area (Å²) >= 11 is 0. The van der Waals surface area contributed by atoms with E-state index >= 15 is 0 Å². The molecule has 0 aliphatic carbocycles. The van der Waals surface area contributed by atoms with E-state index in [0.29, 0.717) is 18.4 Å². The van der Waals surface area contributed by atoms with Crippen molar-refractivity contribution in [2.75, 3.05) is 26.2 Å². The van der Waals surface area contributed by atoms with Crippen molar-refractivity contribution in [3.05, 3.63) is 23.8 Å². The molecule has 1 amide bonds. The first-order valence-electron chi connectivity index (χ1n) is 8.88. The maximum absolute atomic E-state index is 12.4. The zero-order valence-corrected chi connectivity index (χ0v) is 14.4. The molecule has 3 heterocycles. The highest BCUT2D eigenvalue weighted by Gasteiger charge is 2.41. The van der Waals surface area contributed by atoms with E-state index in [-0.39, 0.29) is 5.91 Å². The Hall–Kier alpha value is -1.49. The van der Waals surface area contributed by atoms with Crippen molar-refractivity contribution >= 4 is 5.91 Å². The zero-order chi connectivity index (χ0) is 16.3. The molecule has 23 heavy (non-hydrogen) atoms. The van der Waals surface area contributed by atoms with Crippen LogP contribution in [0.1, 0.15) is 50.4 Å². The SMILES string of the molecule is CCCN1CCCC2(CCC(=O)N(Cc3cnc(C)cn3)C2)C1. The van der Waals surface area contributed by atoms with E-state index in [1.54, 1.807) is 12.4 Å². The first-order valence-corrected chi connectivity index (χ1v) is 8.88. The van der Waals surface area contributed by atoms with Gasteiger partial charge >= 0.3 is 0 Å². The highest BCUT2D eigenvalue weighted by molar-refractivity contribution is 5.77. The average molecular weight is 316 g/mol. The number of aryl methyl sites for hydroxylation is 1. The molecule has 1 aromatic heterocycles. The molecule has 126 valence electrons. The molecule has 1 spiro atoms. The predicted octanol–water partition coefficient (Wildman–Crippen LogP) is 2.40. The molecule has 2 aliphatic heterocycles. The minimum absolute atomic E-state index is 0.269. The van der Waals surface area contributed by atoms with Gasteiger partial charge in [-0.25, -0.2) is 0 Å². The van der Waals surface area contributed by atoms with E-state index in [9.17, 15) is 4.79 Å². The molecule has 1 atom stereocenters. The van der Waals surface area contributed by atoms with Crippen molar-refractivity contribution in [3.63, 3.8) is 0 Å². The molecule has 1 unspecified atom stereocenters. The summed E-state index contributed by atoms with van der Waals surface area (Å²) in [6.45, 7) is 9.19. The minimum Gasteiger partial charge on any atom is -0.336 e. The van der Waals surface area contributed by atoms with E-state index in [0.717, 1.165) is 30.9 Å². The van der Waals surface area contributed by atoms with Crippen LogP contribution in [0.2, 0.25) is 0 Å². The third kappa shape index (κ3) is 3.89. The molecule has 1 aromatic rings. The lowest BCUT2D eigenvalue weighted by molar-refractivity contribution is -0.140. The summed E-state index contributed by atoms with van der Waals surface area (Å²) in [4.78, 5) is 25.7. The van der Waals surface area contributed by atoms with Crippen LogP contribution in [0.5, 0.6) is 0 Å². The number of hydrogen-bond donors (Lipinski definition) is 0. The Morgan fingerprint density at radius 2 is 2.09 bits per heavy atom. The number of carbonyl (C=O) groups is 1. The van der Waals surface area contributed by atoms with Gasteiger partial charge in [-0.1, -0.05) is 6.92 Å². The first-order chi connectivity index (χ1) is 11.1. The smallest absolute Gasteiger partial charge is 0.222 e. The van der Waals surface area contributed by atoms with Crippen LogP contribution < -0.4 is 0 Å². The fourth-order valence-corrected chi connectivity index (χ4v) is 4.09. The summed E-state index contributed by atoms with van der Waals surface area (Å²) in [5, 5.41) is 0. The molecule has 0 saturated carbocycles. The fourth-order valence-electron chi connectivity index (χ4n) is 4.09. The van der Waals surface area contributed by atoms with Crippen LogP contribution in [0.15, 0.2) is 12.4 Å². The second-order valence-corrected chi connectivity index (χ2v) is 7.28. The lowest BCUT2D eigenvalue weighted by Gasteiger charge is -2.48. The number of carbonyl (C=O) groups excluding carboxylic acids is 1. The Labute approximate surface area is 139 Å². The van der Waals surface area contributed by atoms with Gasteiger partial charge in [0.15, 0.2) is 0 Å². The molecule has 2 saturated heterocycles. The van der Waals surface area contributed by atoms with E-state index < -0.39 is 0 Å². The van der Waals surface area contributed by atoms with Crippen molar-refractivity contribution < 1.29 is 4.79 Å². The molecule has 0 N–H and O–H groups in total. The summed E-state index contributed by atoms with van der Waals surface area (Å²) in [6.07, 6.45) is 9.01. The first kappa shape index (κ1) is 16.4. The highest BCUT2D eigenvalue weighted by Crippen LogP contribution is 2.39. The molecule has 0 aromatic carbocycles. The Morgan fingerprint density at radius 1 is 1.22 bits per heavy atom. The standard InChI is InChI=1S/C18H28N4O/c1-3-8-21-9-4-6-18(13-21)7-5-17(23)22(14-18)12-16-11-19-15(2)10-20-16/h10-11H,3-9,12-14H2,1-2H3. The Bertz CT molecular complexity index is 542. The molecule has 2 fully saturated rings. The van der Waals surface area contributed by atoms with Gasteiger partial charge in [0.05, 0.1) is 24.1 Å². The van der Waals surface area contributed by atoms with Crippen LogP contribution in [0.25, 0.3) is 0 Å². The summed E-state index contributed by atoms with van der Waals surface area (Å²) in [7, 11) is 0. The van der Waals surface area contributed by atoms with Gasteiger partial charge in [0.25, 0.3) is 0 Å². The van der Waals surface area contributed by atoms with Gasteiger partial charge in [0.2, 0.25) is 5.91 Å². The Balaban J connectivity index is 1.68. The average Bonchev–Trinajstić information content (AvgIpc) is 2.54. The third-order valence-corrected chi connectivity index (χ3v) is 5.22. The maximum Gasteiger partial charge on any atom is 0.222 e. The van der Waals surface area contributed by atoms with Crippen molar-refractivity contribution in [1.82, 2.24) is 19.8 Å². The maximum atomic E-state index is 12.4. The van der Waals surface area contributed by atoms with Gasteiger partial charge in [-0.3, -0.25) is 14.8 Å². The number of hydrogen-bond acceptors (Lipinski definition) is 4. The van der Waals surface area contributed by atoms with Crippen LogP contribution in [0, 0.1) is 12.3 Å². The fraction of sp³-hybridized carbons (Fsp3) is 0.722. The highest BCUT2D eigenvalue weighted by atomic mass is 16.2. The minimum atomic E-state index is 0.269. The summed E-state index contributed by atoms with van der Waals surface area (Å²) in [5.74, 6) is 0.269. The van der Waals surface area contributed by atoms with Crippen molar-refractivity contribution in [3.8, 4) is 0 Å². The molecule has 5 nitrogen and oxygen atoms in total. The summed E-state index contributed by atoms with van der Waals surface area (Å²) < 4.78 is 0. The molecular weight excluding hydrogens is 288 g/mol. The van der Waals surface area contributed by atoms with E-state index in [1.165, 1.54) is 32.4 Å². The van der Waals surface area contributed by atoms with Gasteiger partial charge < -0.3 is 9.80 Å². The van der Waals surface area contributed by atoms with Crippen molar-refractivity contribution in [2.24, 2.45) is 5.41 Å². The Kier molecular flexibility index (Phi) is 4.95. The number of amides is 1. The number of nitrogens with zero attached hydrogens (tertiary/aromatic N) is 4. The molecule has 0 radical (unpaired) electrons. The van der Waals surface area contributed by atoms with Gasteiger partial charge in [-0.2, -0.15) is 0 Å². The van der Waals surface area contributed by atoms with Crippen LogP contribution in [0.4, 0.5) is 0 Å². The Morgan fingerprint density at radius 3 is 2.83 bits per heavy atom. The molecular formula is C18H28N4O. The third-order valence-electron chi connectivity index (χ3n) is 5.22. The lowest BCUT2D eigenvalue weighted by atomic mass is 9.73. The molecule has 2 aliphatic rings. The van der Waals surface area contributed by atoms with E-state index in [4.69, 9.17) is 0 Å². The van der Waals surface area contributed by atoms with Crippen molar-refractivity contribution in [2.45, 2.75) is 52.5 Å². The number of likely N-dealkylation sites (tertiary alicyclic amines) is 2. The van der Waals surface area contributed by atoms with Crippen LogP contribution in [-0.2, 0) is 11.3 Å². The monoisotopic (exact) mass is 316 g/mol.